The first kappa shape index (κ1) is 8.94. The Labute approximate surface area is 71.3 Å². The minimum atomic E-state index is 0.0556. The molecule has 1 aromatic carbocycles. The van der Waals surface area contributed by atoms with Gasteiger partial charge in [0, 0.05) is 0 Å². The summed E-state index contributed by atoms with van der Waals surface area (Å²) in [6.45, 7) is 2.08. The van der Waals surface area contributed by atoms with Crippen molar-refractivity contribution in [3.63, 3.8) is 0 Å². The molecule has 0 unspecified atom stereocenters. The van der Waals surface area contributed by atoms with Gasteiger partial charge in [0.05, 0.1) is 0 Å². The van der Waals surface area contributed by atoms with Crippen molar-refractivity contribution in [3.8, 4) is 0 Å². The first-order chi connectivity index (χ1) is 4.39. The van der Waals surface area contributed by atoms with E-state index < -0.39 is 0 Å². The average molecular weight is 315 g/mol. The maximum absolute atomic E-state index is 8.39. The van der Waals surface area contributed by atoms with Crippen LogP contribution >= 0.6 is 0 Å². The topological polar surface area (TPSA) is 17.1 Å². The maximum atomic E-state index is 8.39. The predicted molar refractivity (Wildman–Crippen MR) is 37.6 cm³/mol. The first-order valence-corrected chi connectivity index (χ1v) is 4.20. The van der Waals surface area contributed by atoms with Crippen LogP contribution in [0.15, 0.2) is 30.3 Å². The summed E-state index contributed by atoms with van der Waals surface area (Å²) in [6.07, 6.45) is 0. The standard InChI is InChI=1S/C7H8.O.Pb/c1-7-5-3-2-4-6-7;;/h2-6H,1H3;;. The predicted octanol–water partition coefficient (Wildman–Crippen LogP) is 1.50. The molecule has 0 spiro atoms. The van der Waals surface area contributed by atoms with E-state index >= 15 is 0 Å². The van der Waals surface area contributed by atoms with Crippen LogP contribution in [0.4, 0.5) is 0 Å². The SMILES string of the molecule is Cc1ccccc1.[O]=[Pb]. The second-order valence-electron chi connectivity index (χ2n) is 1.65. The van der Waals surface area contributed by atoms with Crippen molar-refractivity contribution < 1.29 is 2.69 Å². The van der Waals surface area contributed by atoms with E-state index in [-0.39, 0.29) is 25.8 Å². The molecule has 2 heteroatoms. The molecule has 0 aliphatic rings. The first-order valence-electron chi connectivity index (χ1n) is 2.61. The van der Waals surface area contributed by atoms with E-state index in [1.807, 2.05) is 18.2 Å². The summed E-state index contributed by atoms with van der Waals surface area (Å²) in [5.74, 6) is 0. The summed E-state index contributed by atoms with van der Waals surface area (Å²) < 4.78 is 8.39. The molecule has 0 bridgehead atoms. The van der Waals surface area contributed by atoms with E-state index in [9.17, 15) is 0 Å². The zero-order chi connectivity index (χ0) is 7.11. The van der Waals surface area contributed by atoms with Crippen LogP contribution in [0.2, 0.25) is 0 Å². The molecule has 0 N–H and O–H groups in total. The molecule has 0 heterocycles. The third-order valence-corrected chi connectivity index (χ3v) is 0.940. The van der Waals surface area contributed by atoms with E-state index in [0.29, 0.717) is 0 Å². The van der Waals surface area contributed by atoms with Crippen molar-refractivity contribution in [2.45, 2.75) is 6.92 Å². The van der Waals surface area contributed by atoms with Gasteiger partial charge in [0.2, 0.25) is 0 Å². The fourth-order valence-corrected chi connectivity index (χ4v) is 0.534. The van der Waals surface area contributed by atoms with Crippen LogP contribution in [0.1, 0.15) is 5.56 Å². The van der Waals surface area contributed by atoms with Gasteiger partial charge in [-0.1, -0.05) is 35.9 Å². The van der Waals surface area contributed by atoms with E-state index in [1.54, 1.807) is 0 Å². The number of hydrogen-bond donors (Lipinski definition) is 0. The number of aryl methyl sites for hydroxylation is 1. The van der Waals surface area contributed by atoms with Crippen molar-refractivity contribution in [2.75, 3.05) is 0 Å². The number of rotatable bonds is 0. The molecular weight excluding hydrogens is 307 g/mol. The summed E-state index contributed by atoms with van der Waals surface area (Å²) in [5.41, 5.74) is 1.32. The summed E-state index contributed by atoms with van der Waals surface area (Å²) >= 11 is 0.0556. The summed E-state index contributed by atoms with van der Waals surface area (Å²) in [5, 5.41) is 0. The fourth-order valence-electron chi connectivity index (χ4n) is 0.534. The van der Waals surface area contributed by atoms with Gasteiger partial charge in [0.1, 0.15) is 0 Å². The van der Waals surface area contributed by atoms with Gasteiger partial charge in [0.25, 0.3) is 0 Å². The molecule has 1 nitrogen and oxygen atoms in total. The van der Waals surface area contributed by atoms with Gasteiger partial charge >= 0.3 is 28.5 Å². The number of benzene rings is 1. The second kappa shape index (κ2) is 6.07. The molecule has 1 rings (SSSR count). The van der Waals surface area contributed by atoms with Crippen molar-refractivity contribution in [1.29, 1.82) is 0 Å². The Balaban J connectivity index is 0.000000291. The molecule has 0 fully saturated rings. The third-order valence-electron chi connectivity index (χ3n) is 0.940. The van der Waals surface area contributed by atoms with Crippen molar-refractivity contribution >= 4 is 25.8 Å². The molecule has 0 amide bonds. The van der Waals surface area contributed by atoms with Gasteiger partial charge in [0.15, 0.2) is 0 Å². The van der Waals surface area contributed by atoms with Gasteiger partial charge < -0.3 is 0 Å². The monoisotopic (exact) mass is 316 g/mol. The van der Waals surface area contributed by atoms with Crippen molar-refractivity contribution in [2.24, 2.45) is 0 Å². The molecule has 1 aromatic rings. The Bertz CT molecular complexity index is 150. The summed E-state index contributed by atoms with van der Waals surface area (Å²) in [4.78, 5) is 0. The van der Waals surface area contributed by atoms with Crippen LogP contribution in [0.25, 0.3) is 0 Å². The Morgan fingerprint density at radius 3 is 1.78 bits per heavy atom. The summed E-state index contributed by atoms with van der Waals surface area (Å²) in [6, 6.07) is 10.3. The van der Waals surface area contributed by atoms with E-state index in [2.05, 4.69) is 19.1 Å². The van der Waals surface area contributed by atoms with Crippen LogP contribution in [0.5, 0.6) is 0 Å². The zero-order valence-corrected chi connectivity index (χ0v) is 9.18. The quantitative estimate of drug-likeness (QED) is 0.663. The Kier molecular flexibility index (Phi) is 6.03. The molecular formula is C7H8OPb. The molecule has 0 atom stereocenters. The third kappa shape index (κ3) is 4.45. The van der Waals surface area contributed by atoms with E-state index in [1.165, 1.54) is 5.56 Å². The molecule has 2 radical (unpaired) electrons. The van der Waals surface area contributed by atoms with Gasteiger partial charge in [-0.15, -0.1) is 0 Å². The Morgan fingerprint density at radius 1 is 1.11 bits per heavy atom. The van der Waals surface area contributed by atoms with Crippen molar-refractivity contribution in [1.82, 2.24) is 0 Å². The normalized spacial score (nSPS) is 7.22. The van der Waals surface area contributed by atoms with Gasteiger partial charge in [-0.25, -0.2) is 0 Å². The second-order valence-corrected chi connectivity index (χ2v) is 1.65. The molecule has 0 aromatic heterocycles. The Hall–Kier alpha value is -0.0579. The van der Waals surface area contributed by atoms with Gasteiger partial charge in [-0.05, 0) is 6.92 Å². The fraction of sp³-hybridized carbons (Fsp3) is 0.143. The van der Waals surface area contributed by atoms with Crippen LogP contribution in [-0.2, 0) is 2.69 Å². The molecule has 0 aliphatic heterocycles. The molecule has 0 saturated carbocycles. The Morgan fingerprint density at radius 2 is 1.56 bits per heavy atom. The van der Waals surface area contributed by atoms with Crippen LogP contribution in [0, 0.1) is 6.92 Å². The van der Waals surface area contributed by atoms with Gasteiger partial charge in [-0.3, -0.25) is 0 Å². The van der Waals surface area contributed by atoms with Crippen molar-refractivity contribution in [3.05, 3.63) is 35.9 Å². The average Bonchev–Trinajstić information content (AvgIpc) is 1.94. The van der Waals surface area contributed by atoms with Crippen LogP contribution in [0.3, 0.4) is 0 Å². The molecule has 9 heavy (non-hydrogen) atoms. The number of hydrogen-bond acceptors (Lipinski definition) is 1. The van der Waals surface area contributed by atoms with Crippen LogP contribution in [-0.4, -0.2) is 25.8 Å². The molecule has 46 valence electrons. The summed E-state index contributed by atoms with van der Waals surface area (Å²) in [7, 11) is 0. The van der Waals surface area contributed by atoms with E-state index in [4.69, 9.17) is 2.69 Å². The molecule has 0 aliphatic carbocycles. The molecule has 0 saturated heterocycles. The van der Waals surface area contributed by atoms with E-state index in [0.717, 1.165) is 0 Å². The van der Waals surface area contributed by atoms with Gasteiger partial charge in [-0.2, -0.15) is 0 Å². The zero-order valence-electron chi connectivity index (χ0n) is 5.29. The van der Waals surface area contributed by atoms with Crippen LogP contribution < -0.4 is 0 Å². The minimum absolute atomic E-state index is 0.0556.